The molecule has 0 saturated carbocycles. The summed E-state index contributed by atoms with van der Waals surface area (Å²) in [7, 11) is 0. The van der Waals surface area contributed by atoms with E-state index in [1.165, 1.54) is 0 Å². The Kier molecular flexibility index (Phi) is 5.53. The zero-order valence-electron chi connectivity index (χ0n) is 13.1. The lowest BCUT2D eigenvalue weighted by molar-refractivity contribution is 0.196. The summed E-state index contributed by atoms with van der Waals surface area (Å²) < 4.78 is 0. The van der Waals surface area contributed by atoms with Crippen LogP contribution in [0.15, 0.2) is 5.38 Å². The molecule has 1 unspecified atom stereocenters. The lowest BCUT2D eigenvalue weighted by atomic mass is 9.85. The molecule has 0 amide bonds. The monoisotopic (exact) mass is 284 g/mol. The molecule has 0 aromatic carbocycles. The summed E-state index contributed by atoms with van der Waals surface area (Å²) in [6.45, 7) is 14.1. The molecule has 19 heavy (non-hydrogen) atoms. The van der Waals surface area contributed by atoms with Crippen LogP contribution in [0, 0.1) is 5.41 Å². The third-order valence-electron chi connectivity index (χ3n) is 3.28. The van der Waals surface area contributed by atoms with Crippen LogP contribution in [0.4, 0.5) is 0 Å². The van der Waals surface area contributed by atoms with Gasteiger partial charge in [0.2, 0.25) is 0 Å². The van der Waals surface area contributed by atoms with Crippen LogP contribution >= 0.6 is 11.3 Å². The van der Waals surface area contributed by atoms with Gasteiger partial charge in [0.25, 0.3) is 0 Å². The first-order valence-electron chi connectivity index (χ1n) is 6.93. The van der Waals surface area contributed by atoms with Crippen LogP contribution in [0.1, 0.15) is 58.7 Å². The molecule has 0 fully saturated rings. The Bertz CT molecular complexity index is 388. The van der Waals surface area contributed by atoms with E-state index >= 15 is 0 Å². The predicted octanol–water partition coefficient (Wildman–Crippen LogP) is 3.33. The number of thiazole rings is 1. The molecule has 0 radical (unpaired) electrons. The van der Waals surface area contributed by atoms with E-state index in [2.05, 4.69) is 57.2 Å². The quantitative estimate of drug-likeness (QED) is 0.872. The minimum Gasteiger partial charge on any atom is -0.396 e. The minimum absolute atomic E-state index is 0.114. The molecule has 0 saturated heterocycles. The number of nitrogens with one attached hydrogen (secondary N) is 1. The third kappa shape index (κ3) is 5.21. The normalized spacial score (nSPS) is 14.7. The van der Waals surface area contributed by atoms with Gasteiger partial charge in [0, 0.05) is 30.0 Å². The number of hydrogen-bond donors (Lipinski definition) is 2. The van der Waals surface area contributed by atoms with Crippen LogP contribution in [-0.4, -0.2) is 22.7 Å². The summed E-state index contributed by atoms with van der Waals surface area (Å²) in [5.41, 5.74) is 1.42. The molecule has 0 bridgehead atoms. The fourth-order valence-electron chi connectivity index (χ4n) is 1.92. The average Bonchev–Trinajstić information content (AvgIpc) is 2.70. The minimum atomic E-state index is 0.114. The maximum absolute atomic E-state index is 9.15. The van der Waals surface area contributed by atoms with E-state index in [0.717, 1.165) is 23.7 Å². The van der Waals surface area contributed by atoms with Crippen molar-refractivity contribution in [3.8, 4) is 0 Å². The largest absolute Gasteiger partial charge is 0.396 e. The van der Waals surface area contributed by atoms with Crippen LogP contribution in [-0.2, 0) is 12.0 Å². The molecule has 0 aliphatic heterocycles. The second kappa shape index (κ2) is 6.33. The van der Waals surface area contributed by atoms with Gasteiger partial charge < -0.3 is 10.4 Å². The molecule has 2 N–H and O–H groups in total. The molecule has 110 valence electrons. The van der Waals surface area contributed by atoms with E-state index in [-0.39, 0.29) is 17.4 Å². The Labute approximate surface area is 121 Å². The smallest absolute Gasteiger partial charge is 0.107 e. The fraction of sp³-hybridized carbons (Fsp3) is 0.800. The van der Waals surface area contributed by atoms with Gasteiger partial charge in [-0.1, -0.05) is 41.5 Å². The maximum Gasteiger partial charge on any atom is 0.107 e. The number of aliphatic hydroxyl groups excluding tert-OH is 1. The van der Waals surface area contributed by atoms with Gasteiger partial charge in [0.05, 0.1) is 5.69 Å². The Morgan fingerprint density at radius 1 is 1.26 bits per heavy atom. The van der Waals surface area contributed by atoms with Gasteiger partial charge in [-0.3, -0.25) is 0 Å². The summed E-state index contributed by atoms with van der Waals surface area (Å²) in [6, 6.07) is 0.305. The first kappa shape index (κ1) is 16.6. The highest BCUT2D eigenvalue weighted by atomic mass is 32.1. The van der Waals surface area contributed by atoms with Gasteiger partial charge in [-0.05, 0) is 11.8 Å². The van der Waals surface area contributed by atoms with Crippen molar-refractivity contribution in [2.24, 2.45) is 5.41 Å². The molecular weight excluding hydrogens is 256 g/mol. The van der Waals surface area contributed by atoms with Crippen molar-refractivity contribution in [2.45, 2.75) is 66.0 Å². The van der Waals surface area contributed by atoms with Gasteiger partial charge >= 0.3 is 0 Å². The zero-order valence-corrected chi connectivity index (χ0v) is 13.9. The molecule has 1 aromatic heterocycles. The van der Waals surface area contributed by atoms with Crippen molar-refractivity contribution in [2.75, 3.05) is 6.61 Å². The number of aromatic nitrogens is 1. The summed E-state index contributed by atoms with van der Waals surface area (Å²) in [6.07, 6.45) is 0.779. The highest BCUT2D eigenvalue weighted by Gasteiger charge is 2.24. The van der Waals surface area contributed by atoms with Gasteiger partial charge in [0.15, 0.2) is 0 Å². The topological polar surface area (TPSA) is 45.1 Å². The Hall–Kier alpha value is -0.450. The van der Waals surface area contributed by atoms with Crippen molar-refractivity contribution in [3.63, 3.8) is 0 Å². The van der Waals surface area contributed by atoms with Crippen molar-refractivity contribution in [3.05, 3.63) is 16.1 Å². The van der Waals surface area contributed by atoms with Crippen LogP contribution in [0.3, 0.4) is 0 Å². The highest BCUT2D eigenvalue weighted by molar-refractivity contribution is 7.09. The van der Waals surface area contributed by atoms with Crippen LogP contribution in [0.5, 0.6) is 0 Å². The number of aliphatic hydroxyl groups is 1. The van der Waals surface area contributed by atoms with E-state index in [1.54, 1.807) is 11.3 Å². The van der Waals surface area contributed by atoms with Crippen molar-refractivity contribution < 1.29 is 5.11 Å². The lowest BCUT2D eigenvalue weighted by Gasteiger charge is -2.31. The van der Waals surface area contributed by atoms with Gasteiger partial charge in [-0.25, -0.2) is 4.98 Å². The molecule has 0 aliphatic carbocycles. The van der Waals surface area contributed by atoms with Gasteiger partial charge in [-0.15, -0.1) is 11.3 Å². The van der Waals surface area contributed by atoms with E-state index < -0.39 is 0 Å². The number of hydrogen-bond acceptors (Lipinski definition) is 4. The van der Waals surface area contributed by atoms with Gasteiger partial charge in [0.1, 0.15) is 5.01 Å². The number of rotatable bonds is 5. The molecule has 1 atom stereocenters. The zero-order chi connectivity index (χ0) is 14.7. The van der Waals surface area contributed by atoms with Crippen molar-refractivity contribution in [1.29, 1.82) is 0 Å². The lowest BCUT2D eigenvalue weighted by Crippen LogP contribution is -2.40. The summed E-state index contributed by atoms with van der Waals surface area (Å²) in [5, 5.41) is 16.0. The Morgan fingerprint density at radius 2 is 1.89 bits per heavy atom. The molecule has 0 spiro atoms. The van der Waals surface area contributed by atoms with Crippen LogP contribution in [0.2, 0.25) is 0 Å². The molecule has 1 aromatic rings. The van der Waals surface area contributed by atoms with Crippen LogP contribution < -0.4 is 5.32 Å². The highest BCUT2D eigenvalue weighted by Crippen LogP contribution is 2.25. The molecular formula is C15H28N2OS. The van der Waals surface area contributed by atoms with E-state index in [4.69, 9.17) is 5.11 Å². The SMILES string of the molecule is CC(C)(C)c1csc(CNC(CCO)C(C)(C)C)n1. The number of nitrogens with zero attached hydrogens (tertiary/aromatic N) is 1. The Morgan fingerprint density at radius 3 is 2.32 bits per heavy atom. The molecule has 0 aliphatic rings. The summed E-state index contributed by atoms with van der Waals surface area (Å²) >= 11 is 1.71. The fourth-order valence-corrected chi connectivity index (χ4v) is 2.89. The summed E-state index contributed by atoms with van der Waals surface area (Å²) in [5.74, 6) is 0. The maximum atomic E-state index is 9.15. The first-order valence-corrected chi connectivity index (χ1v) is 7.81. The second-order valence-electron chi connectivity index (χ2n) is 7.19. The molecule has 1 heterocycles. The third-order valence-corrected chi connectivity index (χ3v) is 4.13. The van der Waals surface area contributed by atoms with Crippen molar-refractivity contribution >= 4 is 11.3 Å². The van der Waals surface area contributed by atoms with Crippen LogP contribution in [0.25, 0.3) is 0 Å². The van der Waals surface area contributed by atoms with E-state index in [9.17, 15) is 0 Å². The summed E-state index contributed by atoms with van der Waals surface area (Å²) in [4.78, 5) is 4.69. The molecule has 3 nitrogen and oxygen atoms in total. The molecule has 1 rings (SSSR count). The predicted molar refractivity (Wildman–Crippen MR) is 82.6 cm³/mol. The molecule has 4 heteroatoms. The average molecular weight is 284 g/mol. The van der Waals surface area contributed by atoms with E-state index in [1.807, 2.05) is 0 Å². The van der Waals surface area contributed by atoms with Gasteiger partial charge in [-0.2, -0.15) is 0 Å². The second-order valence-corrected chi connectivity index (χ2v) is 8.13. The van der Waals surface area contributed by atoms with Crippen molar-refractivity contribution in [1.82, 2.24) is 10.3 Å². The first-order chi connectivity index (χ1) is 8.64. The van der Waals surface area contributed by atoms with E-state index in [0.29, 0.717) is 6.04 Å². The Balaban J connectivity index is 2.62. The standard InChI is InChI=1S/C15H28N2OS/c1-14(2,3)11(7-8-18)16-9-13-17-12(10-19-13)15(4,5)6/h10-11,16,18H,7-9H2,1-6H3.